The molecule has 92 valence electrons. The maximum atomic E-state index is 10.9. The van der Waals surface area contributed by atoms with Crippen molar-refractivity contribution in [1.29, 1.82) is 0 Å². The molecule has 0 aliphatic heterocycles. The fraction of sp³-hybridized carbons (Fsp3) is 0. The summed E-state index contributed by atoms with van der Waals surface area (Å²) in [5, 5.41) is 10.5. The quantitative estimate of drug-likeness (QED) is 0.666. The second-order valence-electron chi connectivity index (χ2n) is 3.18. The highest BCUT2D eigenvalue weighted by atomic mass is 35.5. The van der Waals surface area contributed by atoms with E-state index in [1.807, 2.05) is 0 Å². The summed E-state index contributed by atoms with van der Waals surface area (Å²) in [6.45, 7) is 0. The van der Waals surface area contributed by atoms with Crippen molar-refractivity contribution in [3.05, 3.63) is 50.5 Å². The Bertz CT molecular complexity index is 620. The maximum Gasteiger partial charge on any atom is 0.363 e. The molecule has 0 amide bonds. The van der Waals surface area contributed by atoms with E-state index in [1.165, 1.54) is 12.4 Å². The molecule has 1 aromatic carbocycles. The van der Waals surface area contributed by atoms with Gasteiger partial charge in [-0.1, -0.05) is 29.3 Å². The van der Waals surface area contributed by atoms with Crippen LogP contribution in [0.3, 0.4) is 0 Å². The number of hydrazone groups is 1. The lowest BCUT2D eigenvalue weighted by molar-refractivity contribution is 0.913. The number of aromatic nitrogens is 3. The predicted molar refractivity (Wildman–Crippen MR) is 70.3 cm³/mol. The monoisotopic (exact) mass is 283 g/mol. The van der Waals surface area contributed by atoms with Gasteiger partial charge in [0.15, 0.2) is 5.82 Å². The molecular weight excluding hydrogens is 277 g/mol. The first-order valence-electron chi connectivity index (χ1n) is 4.81. The average molecular weight is 284 g/mol. The largest absolute Gasteiger partial charge is 0.363 e. The second kappa shape index (κ2) is 5.61. The maximum absolute atomic E-state index is 10.9. The van der Waals surface area contributed by atoms with Gasteiger partial charge in [0.2, 0.25) is 0 Å². The number of aromatic amines is 1. The Labute approximate surface area is 112 Å². The lowest BCUT2D eigenvalue weighted by atomic mass is 10.2. The van der Waals surface area contributed by atoms with E-state index in [4.69, 9.17) is 23.2 Å². The molecule has 0 aliphatic carbocycles. The fourth-order valence-corrected chi connectivity index (χ4v) is 1.66. The van der Waals surface area contributed by atoms with Gasteiger partial charge >= 0.3 is 5.69 Å². The molecule has 0 aliphatic rings. The Kier molecular flexibility index (Phi) is 3.91. The van der Waals surface area contributed by atoms with Crippen LogP contribution in [0.15, 0.2) is 34.3 Å². The van der Waals surface area contributed by atoms with Gasteiger partial charge in [-0.15, -0.1) is 0 Å². The molecule has 1 heterocycles. The van der Waals surface area contributed by atoms with Crippen LogP contribution in [0, 0.1) is 0 Å². The number of rotatable bonds is 3. The molecule has 0 saturated carbocycles. The minimum absolute atomic E-state index is 0.221. The average Bonchev–Trinajstić information content (AvgIpc) is 2.33. The molecule has 18 heavy (non-hydrogen) atoms. The fourth-order valence-electron chi connectivity index (χ4n) is 1.16. The van der Waals surface area contributed by atoms with Crippen LogP contribution in [0.25, 0.3) is 0 Å². The highest BCUT2D eigenvalue weighted by Crippen LogP contribution is 2.22. The summed E-state index contributed by atoms with van der Waals surface area (Å²) in [6.07, 6.45) is 2.76. The van der Waals surface area contributed by atoms with Crippen molar-refractivity contribution in [2.45, 2.75) is 0 Å². The summed E-state index contributed by atoms with van der Waals surface area (Å²) in [7, 11) is 0. The third kappa shape index (κ3) is 3.06. The molecular formula is C10H7Cl2N5O. The van der Waals surface area contributed by atoms with Gasteiger partial charge in [-0.25, -0.2) is 9.89 Å². The van der Waals surface area contributed by atoms with Gasteiger partial charge in [-0.05, 0) is 12.1 Å². The van der Waals surface area contributed by atoms with Crippen molar-refractivity contribution in [1.82, 2.24) is 15.2 Å². The zero-order valence-corrected chi connectivity index (χ0v) is 10.4. The molecule has 0 fully saturated rings. The van der Waals surface area contributed by atoms with Crippen LogP contribution >= 0.6 is 23.2 Å². The highest BCUT2D eigenvalue weighted by Gasteiger charge is 2.01. The molecule has 6 nitrogen and oxygen atoms in total. The van der Waals surface area contributed by atoms with E-state index in [0.717, 1.165) is 0 Å². The summed E-state index contributed by atoms with van der Waals surface area (Å²) < 4.78 is 0. The van der Waals surface area contributed by atoms with E-state index >= 15 is 0 Å². The van der Waals surface area contributed by atoms with Crippen LogP contribution in [-0.2, 0) is 0 Å². The van der Waals surface area contributed by atoms with Gasteiger partial charge in [-0.3, -0.25) is 5.43 Å². The number of H-pyrrole nitrogens is 1. The van der Waals surface area contributed by atoms with E-state index in [1.54, 1.807) is 18.2 Å². The summed E-state index contributed by atoms with van der Waals surface area (Å²) in [4.78, 5) is 14.5. The van der Waals surface area contributed by atoms with E-state index in [9.17, 15) is 4.79 Å². The van der Waals surface area contributed by atoms with Crippen molar-refractivity contribution in [2.75, 3.05) is 5.43 Å². The minimum Gasteiger partial charge on any atom is -0.260 e. The summed E-state index contributed by atoms with van der Waals surface area (Å²) >= 11 is 11.9. The number of benzene rings is 1. The zero-order valence-electron chi connectivity index (χ0n) is 8.89. The van der Waals surface area contributed by atoms with Crippen LogP contribution in [0.5, 0.6) is 0 Å². The van der Waals surface area contributed by atoms with Crippen LogP contribution < -0.4 is 11.1 Å². The van der Waals surface area contributed by atoms with Gasteiger partial charge in [0.05, 0.1) is 22.5 Å². The molecule has 8 heteroatoms. The minimum atomic E-state index is -0.564. The third-order valence-corrected chi connectivity index (χ3v) is 2.60. The van der Waals surface area contributed by atoms with Crippen LogP contribution in [0.4, 0.5) is 5.82 Å². The Morgan fingerprint density at radius 1 is 1.33 bits per heavy atom. The lowest BCUT2D eigenvalue weighted by Crippen LogP contribution is -2.13. The first kappa shape index (κ1) is 12.5. The summed E-state index contributed by atoms with van der Waals surface area (Å²) in [6, 6.07) is 5.13. The number of hydrogen-bond acceptors (Lipinski definition) is 5. The van der Waals surface area contributed by atoms with Crippen molar-refractivity contribution in [2.24, 2.45) is 5.10 Å². The van der Waals surface area contributed by atoms with E-state index < -0.39 is 5.69 Å². The van der Waals surface area contributed by atoms with Crippen molar-refractivity contribution in [3.8, 4) is 0 Å². The highest BCUT2D eigenvalue weighted by molar-refractivity contribution is 6.38. The molecule has 2 rings (SSSR count). The van der Waals surface area contributed by atoms with Crippen molar-refractivity contribution < 1.29 is 0 Å². The molecule has 0 radical (unpaired) electrons. The Morgan fingerprint density at radius 2 is 2.06 bits per heavy atom. The van der Waals surface area contributed by atoms with Gasteiger partial charge in [0.1, 0.15) is 0 Å². The van der Waals surface area contributed by atoms with Crippen LogP contribution in [0.2, 0.25) is 10.0 Å². The topological polar surface area (TPSA) is 83.0 Å². The number of hydrogen-bond donors (Lipinski definition) is 2. The summed E-state index contributed by atoms with van der Waals surface area (Å²) in [5.41, 5.74) is 2.56. The lowest BCUT2D eigenvalue weighted by Gasteiger charge is -2.00. The van der Waals surface area contributed by atoms with E-state index in [0.29, 0.717) is 15.6 Å². The first-order valence-corrected chi connectivity index (χ1v) is 5.57. The predicted octanol–water partition coefficient (Wildman–Crippen LogP) is 1.92. The Hall–Kier alpha value is -1.92. The third-order valence-electron chi connectivity index (χ3n) is 1.94. The SMILES string of the molecule is O=c1nc(N/N=C\c2c(Cl)cccc2Cl)cn[nH]1. The smallest absolute Gasteiger partial charge is 0.260 e. The standard InChI is InChI=1S/C10H7Cl2N5O/c11-7-2-1-3-8(12)6(7)4-13-16-9-5-14-17-10(18)15-9/h1-5H,(H2,15,16,17,18)/b13-4-. The van der Waals surface area contributed by atoms with Gasteiger partial charge in [-0.2, -0.15) is 15.2 Å². The molecule has 1 aromatic heterocycles. The molecule has 0 saturated heterocycles. The second-order valence-corrected chi connectivity index (χ2v) is 3.99. The summed E-state index contributed by atoms with van der Waals surface area (Å²) in [5.74, 6) is 0.221. The number of halogens is 2. The molecule has 0 bridgehead atoms. The van der Waals surface area contributed by atoms with Crippen LogP contribution in [-0.4, -0.2) is 21.4 Å². The first-order chi connectivity index (χ1) is 8.66. The van der Waals surface area contributed by atoms with Gasteiger partial charge < -0.3 is 0 Å². The van der Waals surface area contributed by atoms with Crippen molar-refractivity contribution in [3.63, 3.8) is 0 Å². The van der Waals surface area contributed by atoms with E-state index in [-0.39, 0.29) is 5.82 Å². The Morgan fingerprint density at radius 3 is 2.72 bits per heavy atom. The van der Waals surface area contributed by atoms with Gasteiger partial charge in [0, 0.05) is 5.56 Å². The number of nitrogens with zero attached hydrogens (tertiary/aromatic N) is 3. The van der Waals surface area contributed by atoms with Crippen molar-refractivity contribution >= 4 is 35.2 Å². The zero-order chi connectivity index (χ0) is 13.0. The Balaban J connectivity index is 2.15. The molecule has 0 atom stereocenters. The molecule has 2 N–H and O–H groups in total. The van der Waals surface area contributed by atoms with Crippen LogP contribution in [0.1, 0.15) is 5.56 Å². The number of nitrogens with one attached hydrogen (secondary N) is 2. The molecule has 0 unspecified atom stereocenters. The number of anilines is 1. The normalized spacial score (nSPS) is 10.8. The molecule has 2 aromatic rings. The van der Waals surface area contributed by atoms with E-state index in [2.05, 4.69) is 25.7 Å². The molecule has 0 spiro atoms. The van der Waals surface area contributed by atoms with Gasteiger partial charge in [0.25, 0.3) is 0 Å².